The van der Waals surface area contributed by atoms with E-state index in [1.54, 1.807) is 0 Å². The number of nitrogens with zero attached hydrogens (tertiary/aromatic N) is 2. The highest BCUT2D eigenvalue weighted by Gasteiger charge is 2.19. The molecule has 1 heterocycles. The summed E-state index contributed by atoms with van der Waals surface area (Å²) in [5.74, 6) is 0. The van der Waals surface area contributed by atoms with E-state index in [0.29, 0.717) is 0 Å². The molecule has 1 aliphatic rings. The third-order valence-corrected chi connectivity index (χ3v) is 9.15. The van der Waals surface area contributed by atoms with Crippen LogP contribution in [0, 0.1) is 0 Å². The summed E-state index contributed by atoms with van der Waals surface area (Å²) in [4.78, 5) is 12.3. The zero-order chi connectivity index (χ0) is 31.2. The minimum Gasteiger partial charge on any atom is -0.269 e. The van der Waals surface area contributed by atoms with Crippen molar-refractivity contribution in [1.82, 2.24) is 0 Å². The minimum atomic E-state index is 0.761. The van der Waals surface area contributed by atoms with Crippen molar-refractivity contribution in [2.45, 2.75) is 194 Å². The highest BCUT2D eigenvalue weighted by atomic mass is 16.7. The Kier molecular flexibility index (Phi) is 25.4. The van der Waals surface area contributed by atoms with Crippen molar-refractivity contribution >= 4 is 11.4 Å². The van der Waals surface area contributed by atoms with E-state index in [2.05, 4.69) is 38.1 Å². The Morgan fingerprint density at radius 1 is 0.364 bits per heavy atom. The summed E-state index contributed by atoms with van der Waals surface area (Å²) in [6.45, 7) is 6.11. The van der Waals surface area contributed by atoms with E-state index in [1.807, 2.05) is 22.5 Å². The first-order valence-electron chi connectivity index (χ1n) is 19.5. The average Bonchev–Trinajstić information content (AvgIpc) is 3.05. The first kappa shape index (κ1) is 38.7. The molecule has 254 valence electrons. The van der Waals surface area contributed by atoms with Crippen molar-refractivity contribution in [2.24, 2.45) is 0 Å². The lowest BCUT2D eigenvalue weighted by Gasteiger charge is -2.31. The summed E-state index contributed by atoms with van der Waals surface area (Å²) in [6, 6.07) is 8.39. The molecule has 0 atom stereocenters. The highest BCUT2D eigenvalue weighted by Crippen LogP contribution is 2.34. The molecular formula is C40H72N2O2. The molecule has 1 aromatic carbocycles. The molecule has 4 nitrogen and oxygen atoms in total. The molecule has 0 saturated heterocycles. The molecule has 0 radical (unpaired) electrons. The Hall–Kier alpha value is -1.52. The van der Waals surface area contributed by atoms with Crippen LogP contribution in [-0.2, 0) is 9.68 Å². The van der Waals surface area contributed by atoms with Gasteiger partial charge in [0.15, 0.2) is 0 Å². The van der Waals surface area contributed by atoms with Crippen LogP contribution in [0.25, 0.3) is 0 Å². The van der Waals surface area contributed by atoms with Crippen LogP contribution in [0.5, 0.6) is 0 Å². The van der Waals surface area contributed by atoms with Gasteiger partial charge in [0.2, 0.25) is 0 Å². The van der Waals surface area contributed by atoms with Crippen molar-refractivity contribution in [3.8, 4) is 0 Å². The van der Waals surface area contributed by atoms with Gasteiger partial charge in [-0.15, -0.1) is 0 Å². The number of anilines is 2. The Labute approximate surface area is 274 Å². The standard InChI is InChI=1S/C40H72N2O2/c1-3-5-7-9-11-13-15-17-19-21-23-25-27-31-37-43-41-35-36-42(40-34-30-29-33-39(40)41)44-38-32-28-26-24-22-20-18-16-14-12-10-8-6-4-2/h29-30,33-36H,3-28,31-32,37-38H2,1-2H3. The molecule has 0 unspecified atom stereocenters. The molecule has 0 amide bonds. The first-order valence-corrected chi connectivity index (χ1v) is 19.5. The van der Waals surface area contributed by atoms with Gasteiger partial charge in [-0.2, -0.15) is 0 Å². The monoisotopic (exact) mass is 613 g/mol. The number of hydrogen-bond acceptors (Lipinski definition) is 4. The third kappa shape index (κ3) is 19.8. The lowest BCUT2D eigenvalue weighted by Crippen LogP contribution is -2.28. The molecule has 0 N–H and O–H groups in total. The van der Waals surface area contributed by atoms with Crippen LogP contribution in [0.3, 0.4) is 0 Å². The van der Waals surface area contributed by atoms with Crippen molar-refractivity contribution in [3.63, 3.8) is 0 Å². The van der Waals surface area contributed by atoms with Crippen molar-refractivity contribution in [3.05, 3.63) is 36.7 Å². The van der Waals surface area contributed by atoms with E-state index < -0.39 is 0 Å². The topological polar surface area (TPSA) is 24.9 Å². The van der Waals surface area contributed by atoms with Gasteiger partial charge in [-0.1, -0.05) is 193 Å². The van der Waals surface area contributed by atoms with Crippen LogP contribution >= 0.6 is 0 Å². The number of rotatable bonds is 32. The number of fused-ring (bicyclic) bond motifs is 1. The van der Waals surface area contributed by atoms with E-state index in [4.69, 9.17) is 9.68 Å². The molecule has 2 rings (SSSR count). The minimum absolute atomic E-state index is 0.761. The summed E-state index contributed by atoms with van der Waals surface area (Å²) >= 11 is 0. The Balaban J connectivity index is 1.44. The van der Waals surface area contributed by atoms with Gasteiger partial charge in [0.1, 0.15) is 0 Å². The fraction of sp³-hybridized carbons (Fsp3) is 0.800. The second kappa shape index (κ2) is 28.9. The highest BCUT2D eigenvalue weighted by molar-refractivity contribution is 5.73. The zero-order valence-corrected chi connectivity index (χ0v) is 29.4. The molecule has 0 aliphatic carbocycles. The van der Waals surface area contributed by atoms with E-state index >= 15 is 0 Å². The number of hydroxylamine groups is 2. The molecule has 1 aromatic rings. The van der Waals surface area contributed by atoms with Gasteiger partial charge >= 0.3 is 0 Å². The summed E-state index contributed by atoms with van der Waals surface area (Å²) in [6.07, 6.45) is 42.6. The molecule has 0 fully saturated rings. The lowest BCUT2D eigenvalue weighted by molar-refractivity contribution is 0.110. The van der Waals surface area contributed by atoms with Gasteiger partial charge < -0.3 is 0 Å². The molecular weight excluding hydrogens is 540 g/mol. The van der Waals surface area contributed by atoms with Gasteiger partial charge in [-0.3, -0.25) is 9.68 Å². The first-order chi connectivity index (χ1) is 21.9. The lowest BCUT2D eigenvalue weighted by atomic mass is 10.0. The normalized spacial score (nSPS) is 12.8. The maximum Gasteiger partial charge on any atom is 0.0950 e. The molecule has 0 saturated carbocycles. The van der Waals surface area contributed by atoms with Crippen LogP contribution in [0.1, 0.15) is 194 Å². The third-order valence-electron chi connectivity index (χ3n) is 9.15. The molecule has 0 spiro atoms. The van der Waals surface area contributed by atoms with Crippen LogP contribution in [0.2, 0.25) is 0 Å². The molecule has 4 heteroatoms. The molecule has 1 aliphatic heterocycles. The van der Waals surface area contributed by atoms with Gasteiger partial charge in [-0.05, 0) is 25.0 Å². The maximum absolute atomic E-state index is 6.16. The molecule has 44 heavy (non-hydrogen) atoms. The average molecular weight is 613 g/mol. The van der Waals surface area contributed by atoms with Crippen molar-refractivity contribution in [2.75, 3.05) is 23.3 Å². The van der Waals surface area contributed by atoms with E-state index in [1.165, 1.54) is 167 Å². The number of para-hydroxylation sites is 2. The number of unbranched alkanes of at least 4 members (excludes halogenated alkanes) is 26. The van der Waals surface area contributed by atoms with E-state index in [0.717, 1.165) is 37.4 Å². The van der Waals surface area contributed by atoms with Gasteiger partial charge in [0.05, 0.1) is 37.0 Å². The van der Waals surface area contributed by atoms with Gasteiger partial charge in [0.25, 0.3) is 0 Å². The number of hydrogen-bond donors (Lipinski definition) is 0. The van der Waals surface area contributed by atoms with Gasteiger partial charge in [-0.25, -0.2) is 10.1 Å². The summed E-state index contributed by atoms with van der Waals surface area (Å²) in [7, 11) is 0. The fourth-order valence-corrected chi connectivity index (χ4v) is 6.26. The Bertz CT molecular complexity index is 719. The van der Waals surface area contributed by atoms with E-state index in [9.17, 15) is 0 Å². The van der Waals surface area contributed by atoms with Crippen LogP contribution in [0.15, 0.2) is 36.7 Å². The van der Waals surface area contributed by atoms with Crippen LogP contribution in [-0.4, -0.2) is 13.2 Å². The second-order valence-electron chi connectivity index (χ2n) is 13.3. The van der Waals surface area contributed by atoms with Crippen molar-refractivity contribution < 1.29 is 9.68 Å². The maximum atomic E-state index is 6.16. The predicted octanol–water partition coefficient (Wildman–Crippen LogP) is 13.6. The predicted molar refractivity (Wildman–Crippen MR) is 193 cm³/mol. The molecule has 0 bridgehead atoms. The van der Waals surface area contributed by atoms with Crippen molar-refractivity contribution in [1.29, 1.82) is 0 Å². The van der Waals surface area contributed by atoms with E-state index in [-0.39, 0.29) is 0 Å². The number of benzene rings is 1. The van der Waals surface area contributed by atoms with Crippen LogP contribution < -0.4 is 10.1 Å². The van der Waals surface area contributed by atoms with Crippen LogP contribution in [0.4, 0.5) is 11.4 Å². The summed E-state index contributed by atoms with van der Waals surface area (Å²) in [5, 5.41) is 3.84. The summed E-state index contributed by atoms with van der Waals surface area (Å²) < 4.78 is 0. The Morgan fingerprint density at radius 3 is 0.886 bits per heavy atom. The zero-order valence-electron chi connectivity index (χ0n) is 29.4. The summed E-state index contributed by atoms with van der Waals surface area (Å²) in [5.41, 5.74) is 2.11. The smallest absolute Gasteiger partial charge is 0.0950 e. The Morgan fingerprint density at radius 2 is 0.614 bits per heavy atom. The quantitative estimate of drug-likeness (QED) is 0.0756. The van der Waals surface area contributed by atoms with Gasteiger partial charge in [0, 0.05) is 0 Å². The SMILES string of the molecule is CCCCCCCCCCCCCCCCON1C=CN(OCCCCCCCCCCCCCCCC)c2ccccc21. The fourth-order valence-electron chi connectivity index (χ4n) is 6.26. The molecule has 0 aromatic heterocycles. The largest absolute Gasteiger partial charge is 0.269 e. The second-order valence-corrected chi connectivity index (χ2v) is 13.3.